The van der Waals surface area contributed by atoms with Crippen LogP contribution >= 0.6 is 0 Å². The normalized spacial score (nSPS) is 15.3. The zero-order valence-electron chi connectivity index (χ0n) is 15.7. The number of rotatable bonds is 6. The summed E-state index contributed by atoms with van der Waals surface area (Å²) >= 11 is 0. The third-order valence-electron chi connectivity index (χ3n) is 5.09. The minimum absolute atomic E-state index is 0.0472. The SMILES string of the molecule is Cc1cc(C(=O)NC2CCCC2)ccc1NC(=O)CC(N)c1ccccc1. The molecule has 1 saturated carbocycles. The standard InChI is InChI=1S/C22H27N3O2/c1-15-13-17(22(27)24-18-9-5-6-10-18)11-12-20(15)25-21(26)14-19(23)16-7-3-2-4-8-16/h2-4,7-8,11-13,18-19H,5-6,9-10,14,23H2,1H3,(H,24,27)(H,25,26). The lowest BCUT2D eigenvalue weighted by molar-refractivity contribution is -0.116. The molecule has 1 unspecified atom stereocenters. The fourth-order valence-corrected chi connectivity index (χ4v) is 3.50. The van der Waals surface area contributed by atoms with Crippen LogP contribution in [0.1, 0.15) is 59.6 Å². The smallest absolute Gasteiger partial charge is 0.251 e. The fraction of sp³-hybridized carbons (Fsp3) is 0.364. The Morgan fingerprint density at radius 1 is 1.11 bits per heavy atom. The van der Waals surface area contributed by atoms with E-state index in [1.165, 1.54) is 12.8 Å². The molecule has 2 aromatic rings. The second-order valence-corrected chi connectivity index (χ2v) is 7.25. The highest BCUT2D eigenvalue weighted by molar-refractivity contribution is 5.96. The van der Waals surface area contributed by atoms with Gasteiger partial charge < -0.3 is 16.4 Å². The lowest BCUT2D eigenvalue weighted by Gasteiger charge is -2.15. The number of aryl methyl sites for hydroxylation is 1. The van der Waals surface area contributed by atoms with E-state index in [9.17, 15) is 9.59 Å². The van der Waals surface area contributed by atoms with Gasteiger partial charge in [0.05, 0.1) is 0 Å². The molecule has 5 nitrogen and oxygen atoms in total. The van der Waals surface area contributed by atoms with Crippen LogP contribution in [0.4, 0.5) is 5.69 Å². The maximum atomic E-state index is 12.4. The van der Waals surface area contributed by atoms with Gasteiger partial charge in [0.25, 0.3) is 5.91 Å². The minimum Gasteiger partial charge on any atom is -0.349 e. The van der Waals surface area contributed by atoms with Gasteiger partial charge in [-0.2, -0.15) is 0 Å². The predicted octanol–water partition coefficient (Wildman–Crippen LogP) is 3.70. The summed E-state index contributed by atoms with van der Waals surface area (Å²) in [6, 6.07) is 14.9. The van der Waals surface area contributed by atoms with E-state index in [-0.39, 0.29) is 30.3 Å². The molecule has 2 amide bonds. The summed E-state index contributed by atoms with van der Waals surface area (Å²) in [6.07, 6.45) is 4.68. The molecule has 1 fully saturated rings. The van der Waals surface area contributed by atoms with Gasteiger partial charge in [0.1, 0.15) is 0 Å². The monoisotopic (exact) mass is 365 g/mol. The first-order valence-corrected chi connectivity index (χ1v) is 9.55. The molecule has 142 valence electrons. The molecule has 2 aromatic carbocycles. The van der Waals surface area contributed by atoms with Gasteiger partial charge in [0.2, 0.25) is 5.91 Å². The lowest BCUT2D eigenvalue weighted by atomic mass is 10.0. The number of hydrogen-bond acceptors (Lipinski definition) is 3. The number of benzene rings is 2. The van der Waals surface area contributed by atoms with E-state index in [4.69, 9.17) is 5.73 Å². The Bertz CT molecular complexity index is 798. The number of carbonyl (C=O) groups is 2. The molecule has 1 atom stereocenters. The van der Waals surface area contributed by atoms with Gasteiger partial charge in [-0.15, -0.1) is 0 Å². The van der Waals surface area contributed by atoms with E-state index in [0.29, 0.717) is 11.3 Å². The number of nitrogens with two attached hydrogens (primary N) is 1. The zero-order valence-corrected chi connectivity index (χ0v) is 15.7. The van der Waals surface area contributed by atoms with E-state index in [1.807, 2.05) is 43.3 Å². The van der Waals surface area contributed by atoms with Crippen LogP contribution in [0, 0.1) is 6.92 Å². The van der Waals surface area contributed by atoms with E-state index in [1.54, 1.807) is 12.1 Å². The van der Waals surface area contributed by atoms with Crippen molar-refractivity contribution in [1.82, 2.24) is 5.32 Å². The summed E-state index contributed by atoms with van der Waals surface area (Å²) in [6.45, 7) is 1.89. The highest BCUT2D eigenvalue weighted by Gasteiger charge is 2.18. The third kappa shape index (κ3) is 5.17. The molecule has 1 aliphatic carbocycles. The average Bonchev–Trinajstić information content (AvgIpc) is 3.17. The topological polar surface area (TPSA) is 84.2 Å². The van der Waals surface area contributed by atoms with Crippen LogP contribution in [-0.2, 0) is 4.79 Å². The minimum atomic E-state index is -0.344. The predicted molar refractivity (Wildman–Crippen MR) is 108 cm³/mol. The van der Waals surface area contributed by atoms with E-state index in [2.05, 4.69) is 10.6 Å². The van der Waals surface area contributed by atoms with Gasteiger partial charge in [0, 0.05) is 29.8 Å². The maximum Gasteiger partial charge on any atom is 0.251 e. The number of amides is 2. The number of anilines is 1. The fourth-order valence-electron chi connectivity index (χ4n) is 3.50. The molecule has 0 bridgehead atoms. The summed E-state index contributed by atoms with van der Waals surface area (Å²) in [4.78, 5) is 24.7. The highest BCUT2D eigenvalue weighted by atomic mass is 16.2. The summed E-state index contributed by atoms with van der Waals surface area (Å²) in [5.41, 5.74) is 9.24. The second-order valence-electron chi connectivity index (χ2n) is 7.25. The van der Waals surface area contributed by atoms with Crippen molar-refractivity contribution in [3.05, 3.63) is 65.2 Å². The molecular formula is C22H27N3O2. The number of carbonyl (C=O) groups excluding carboxylic acids is 2. The first-order valence-electron chi connectivity index (χ1n) is 9.55. The Morgan fingerprint density at radius 3 is 2.48 bits per heavy atom. The first-order chi connectivity index (χ1) is 13.0. The molecule has 5 heteroatoms. The molecule has 27 heavy (non-hydrogen) atoms. The number of nitrogens with one attached hydrogen (secondary N) is 2. The van der Waals surface area contributed by atoms with Crippen LogP contribution in [0.3, 0.4) is 0 Å². The van der Waals surface area contributed by atoms with E-state index >= 15 is 0 Å². The zero-order chi connectivity index (χ0) is 19.2. The van der Waals surface area contributed by atoms with E-state index < -0.39 is 0 Å². The van der Waals surface area contributed by atoms with Crippen LogP contribution in [0.5, 0.6) is 0 Å². The van der Waals surface area contributed by atoms with Gasteiger partial charge in [-0.3, -0.25) is 9.59 Å². The highest BCUT2D eigenvalue weighted by Crippen LogP contribution is 2.21. The molecule has 4 N–H and O–H groups in total. The largest absolute Gasteiger partial charge is 0.349 e. The Labute approximate surface area is 160 Å². The molecule has 1 aliphatic rings. The Kier molecular flexibility index (Phi) is 6.24. The Morgan fingerprint density at radius 2 is 1.81 bits per heavy atom. The second kappa shape index (κ2) is 8.82. The van der Waals surface area contributed by atoms with Gasteiger partial charge in [-0.05, 0) is 49.1 Å². The molecule has 0 heterocycles. The summed E-state index contributed by atoms with van der Waals surface area (Å²) in [5.74, 6) is -0.188. The summed E-state index contributed by atoms with van der Waals surface area (Å²) in [5, 5.41) is 5.98. The third-order valence-corrected chi connectivity index (χ3v) is 5.09. The molecule has 0 radical (unpaired) electrons. The summed E-state index contributed by atoms with van der Waals surface area (Å²) in [7, 11) is 0. The Hall–Kier alpha value is -2.66. The van der Waals surface area contributed by atoms with Gasteiger partial charge in [-0.25, -0.2) is 0 Å². The van der Waals surface area contributed by atoms with Crippen LogP contribution < -0.4 is 16.4 Å². The van der Waals surface area contributed by atoms with Gasteiger partial charge >= 0.3 is 0 Å². The van der Waals surface area contributed by atoms with Crippen LogP contribution in [-0.4, -0.2) is 17.9 Å². The van der Waals surface area contributed by atoms with Crippen LogP contribution in [0.2, 0.25) is 0 Å². The average molecular weight is 365 g/mol. The van der Waals surface area contributed by atoms with Crippen molar-refractivity contribution < 1.29 is 9.59 Å². The summed E-state index contributed by atoms with van der Waals surface area (Å²) < 4.78 is 0. The van der Waals surface area contributed by atoms with Crippen LogP contribution in [0.25, 0.3) is 0 Å². The molecule has 0 saturated heterocycles. The van der Waals surface area contributed by atoms with Crippen molar-refractivity contribution >= 4 is 17.5 Å². The lowest BCUT2D eigenvalue weighted by Crippen LogP contribution is -2.32. The quantitative estimate of drug-likeness (QED) is 0.730. The molecule has 0 aromatic heterocycles. The van der Waals surface area contributed by atoms with Crippen LogP contribution in [0.15, 0.2) is 48.5 Å². The maximum absolute atomic E-state index is 12.4. The van der Waals surface area contributed by atoms with Crippen molar-refractivity contribution in [3.8, 4) is 0 Å². The van der Waals surface area contributed by atoms with Gasteiger partial charge in [-0.1, -0.05) is 43.2 Å². The molecule has 3 rings (SSSR count). The molecular weight excluding hydrogens is 338 g/mol. The van der Waals surface area contributed by atoms with E-state index in [0.717, 1.165) is 24.0 Å². The van der Waals surface area contributed by atoms with Gasteiger partial charge in [0.15, 0.2) is 0 Å². The van der Waals surface area contributed by atoms with Crippen molar-refractivity contribution in [3.63, 3.8) is 0 Å². The van der Waals surface area contributed by atoms with Crippen molar-refractivity contribution in [2.24, 2.45) is 5.73 Å². The van der Waals surface area contributed by atoms with Crippen molar-refractivity contribution in [2.75, 3.05) is 5.32 Å². The Balaban J connectivity index is 1.58. The first kappa shape index (κ1) is 19.1. The molecule has 0 aliphatic heterocycles. The number of hydrogen-bond donors (Lipinski definition) is 3. The molecule has 0 spiro atoms. The van der Waals surface area contributed by atoms with Crippen molar-refractivity contribution in [1.29, 1.82) is 0 Å². The van der Waals surface area contributed by atoms with Crippen molar-refractivity contribution in [2.45, 2.75) is 51.1 Å².